The van der Waals surface area contributed by atoms with Crippen LogP contribution in [0.15, 0.2) is 24.3 Å². The Hall–Kier alpha value is -1.79. The summed E-state index contributed by atoms with van der Waals surface area (Å²) in [5.41, 5.74) is 1.00. The quantitative estimate of drug-likeness (QED) is 0.801. The van der Waals surface area contributed by atoms with Crippen molar-refractivity contribution in [2.75, 3.05) is 13.7 Å². The van der Waals surface area contributed by atoms with Crippen LogP contribution in [-0.4, -0.2) is 40.3 Å². The minimum absolute atomic E-state index is 0.0286. The van der Waals surface area contributed by atoms with Gasteiger partial charge in [-0.15, -0.1) is 11.3 Å². The van der Waals surface area contributed by atoms with Gasteiger partial charge >= 0.3 is 0 Å². The number of fused-ring (bicyclic) bond motifs is 2. The molecule has 1 aromatic carbocycles. The maximum Gasteiger partial charge on any atom is 0.234 e. The summed E-state index contributed by atoms with van der Waals surface area (Å²) in [6.07, 6.45) is 3.87. The summed E-state index contributed by atoms with van der Waals surface area (Å²) in [6.45, 7) is 1.01. The number of carbonyl (C=O) groups is 2. The Bertz CT molecular complexity index is 730. The summed E-state index contributed by atoms with van der Waals surface area (Å²) in [5.74, 6) is -0.0779. The van der Waals surface area contributed by atoms with E-state index in [1.165, 1.54) is 9.60 Å². The Labute approximate surface area is 145 Å². The van der Waals surface area contributed by atoms with E-state index >= 15 is 0 Å². The van der Waals surface area contributed by atoms with Crippen LogP contribution in [0.25, 0.3) is 10.2 Å². The number of hydrogen-bond acceptors (Lipinski definition) is 5. The normalized spacial score (nSPS) is 24.2. The molecule has 5 nitrogen and oxygen atoms in total. The molecule has 1 aliphatic heterocycles. The SMILES string of the molecule is CN(Cc1nc2ccccc2s1)CN1C(=O)[C@H]2CCCC[C@@H]2C1=O. The monoisotopic (exact) mass is 343 g/mol. The molecule has 1 saturated heterocycles. The lowest BCUT2D eigenvalue weighted by Crippen LogP contribution is -2.39. The van der Waals surface area contributed by atoms with Gasteiger partial charge in [0.15, 0.2) is 0 Å². The van der Waals surface area contributed by atoms with E-state index in [9.17, 15) is 9.59 Å². The fourth-order valence-corrected chi connectivity index (χ4v) is 4.93. The Balaban J connectivity index is 1.44. The summed E-state index contributed by atoms with van der Waals surface area (Å²) < 4.78 is 1.17. The maximum absolute atomic E-state index is 12.5. The maximum atomic E-state index is 12.5. The summed E-state index contributed by atoms with van der Waals surface area (Å²) >= 11 is 1.66. The number of nitrogens with zero attached hydrogens (tertiary/aromatic N) is 3. The molecule has 0 spiro atoms. The molecular weight excluding hydrogens is 322 g/mol. The average molecular weight is 343 g/mol. The van der Waals surface area contributed by atoms with Gasteiger partial charge in [0.25, 0.3) is 0 Å². The van der Waals surface area contributed by atoms with Crippen LogP contribution < -0.4 is 0 Å². The highest BCUT2D eigenvalue weighted by atomic mass is 32.1. The zero-order valence-corrected chi connectivity index (χ0v) is 14.6. The van der Waals surface area contributed by atoms with Crippen molar-refractivity contribution in [1.82, 2.24) is 14.8 Å². The molecule has 1 aromatic heterocycles. The fourth-order valence-electron chi connectivity index (χ4n) is 3.88. The van der Waals surface area contributed by atoms with Crippen molar-refractivity contribution in [3.05, 3.63) is 29.3 Å². The molecule has 0 bridgehead atoms. The van der Waals surface area contributed by atoms with Crippen LogP contribution in [0.1, 0.15) is 30.7 Å². The molecule has 0 unspecified atom stereocenters. The smallest absolute Gasteiger partial charge is 0.234 e. The minimum Gasteiger partial charge on any atom is -0.282 e. The lowest BCUT2D eigenvalue weighted by atomic mass is 9.81. The second-order valence-corrected chi connectivity index (χ2v) is 7.95. The first kappa shape index (κ1) is 15.7. The van der Waals surface area contributed by atoms with E-state index in [0.29, 0.717) is 13.2 Å². The molecule has 6 heteroatoms. The minimum atomic E-state index is -0.0675. The molecule has 126 valence electrons. The third kappa shape index (κ3) is 2.74. The average Bonchev–Trinajstić information content (AvgIpc) is 3.09. The summed E-state index contributed by atoms with van der Waals surface area (Å²) in [5, 5.41) is 1.01. The standard InChI is InChI=1S/C18H21N3O2S/c1-20(10-16-19-14-8-4-5-9-15(14)24-16)11-21-17(22)12-6-2-3-7-13(12)18(21)23/h4-5,8-9,12-13H,2-3,6-7,10-11H2,1H3/t12-,13-/m0/s1. The molecule has 24 heavy (non-hydrogen) atoms. The first-order chi connectivity index (χ1) is 11.6. The van der Waals surface area contributed by atoms with Crippen LogP contribution in [0.5, 0.6) is 0 Å². The highest BCUT2D eigenvalue weighted by molar-refractivity contribution is 7.18. The predicted octanol–water partition coefficient (Wildman–Crippen LogP) is 2.86. The number of amides is 2. The van der Waals surface area contributed by atoms with Crippen molar-refractivity contribution >= 4 is 33.4 Å². The van der Waals surface area contributed by atoms with Gasteiger partial charge in [-0.2, -0.15) is 0 Å². The van der Waals surface area contributed by atoms with Crippen molar-refractivity contribution in [1.29, 1.82) is 0 Å². The Morgan fingerprint density at radius 3 is 2.50 bits per heavy atom. The molecule has 2 atom stereocenters. The molecule has 0 radical (unpaired) electrons. The van der Waals surface area contributed by atoms with E-state index < -0.39 is 0 Å². The summed E-state index contributed by atoms with van der Waals surface area (Å²) in [4.78, 5) is 33.2. The van der Waals surface area contributed by atoms with Crippen molar-refractivity contribution < 1.29 is 9.59 Å². The zero-order valence-electron chi connectivity index (χ0n) is 13.8. The molecule has 1 saturated carbocycles. The largest absolute Gasteiger partial charge is 0.282 e. The second kappa shape index (κ2) is 6.26. The van der Waals surface area contributed by atoms with Gasteiger partial charge in [-0.05, 0) is 32.0 Å². The Morgan fingerprint density at radius 1 is 1.17 bits per heavy atom. The van der Waals surface area contributed by atoms with Crippen molar-refractivity contribution in [3.8, 4) is 0 Å². The number of aromatic nitrogens is 1. The highest BCUT2D eigenvalue weighted by Crippen LogP contribution is 2.38. The lowest BCUT2D eigenvalue weighted by molar-refractivity contribution is -0.142. The zero-order chi connectivity index (χ0) is 16.7. The summed E-state index contributed by atoms with van der Waals surface area (Å²) in [6, 6.07) is 8.07. The third-order valence-electron chi connectivity index (χ3n) is 5.06. The van der Waals surface area contributed by atoms with Gasteiger partial charge in [0.2, 0.25) is 11.8 Å². The van der Waals surface area contributed by atoms with E-state index in [1.54, 1.807) is 11.3 Å². The van der Waals surface area contributed by atoms with Crippen LogP contribution in [-0.2, 0) is 16.1 Å². The van der Waals surface area contributed by atoms with Crippen molar-refractivity contribution in [2.24, 2.45) is 11.8 Å². The number of benzene rings is 1. The van der Waals surface area contributed by atoms with Crippen LogP contribution in [0.4, 0.5) is 0 Å². The molecule has 2 heterocycles. The van der Waals surface area contributed by atoms with Crippen LogP contribution in [0.2, 0.25) is 0 Å². The van der Waals surface area contributed by atoms with E-state index in [1.807, 2.05) is 30.1 Å². The predicted molar refractivity (Wildman–Crippen MR) is 93.3 cm³/mol. The Kier molecular flexibility index (Phi) is 4.10. The third-order valence-corrected chi connectivity index (χ3v) is 6.08. The molecule has 2 aromatic rings. The molecular formula is C18H21N3O2S. The molecule has 2 fully saturated rings. The molecule has 1 aliphatic carbocycles. The van der Waals surface area contributed by atoms with Crippen molar-refractivity contribution in [2.45, 2.75) is 32.2 Å². The van der Waals surface area contributed by atoms with E-state index in [4.69, 9.17) is 0 Å². The van der Waals surface area contributed by atoms with Gasteiger partial charge in [0.1, 0.15) is 5.01 Å². The van der Waals surface area contributed by atoms with Gasteiger partial charge < -0.3 is 0 Å². The van der Waals surface area contributed by atoms with Crippen LogP contribution in [0, 0.1) is 11.8 Å². The van der Waals surface area contributed by atoms with Gasteiger partial charge in [-0.3, -0.25) is 19.4 Å². The number of imide groups is 1. The van der Waals surface area contributed by atoms with Gasteiger partial charge in [0, 0.05) is 0 Å². The molecule has 2 amide bonds. The van der Waals surface area contributed by atoms with Crippen LogP contribution in [0.3, 0.4) is 0 Å². The lowest BCUT2D eigenvalue weighted by Gasteiger charge is -2.22. The number of carbonyl (C=O) groups excluding carboxylic acids is 2. The number of para-hydroxylation sites is 1. The van der Waals surface area contributed by atoms with Gasteiger partial charge in [-0.1, -0.05) is 25.0 Å². The van der Waals surface area contributed by atoms with Gasteiger partial charge in [0.05, 0.1) is 35.3 Å². The topological polar surface area (TPSA) is 53.5 Å². The molecule has 4 rings (SSSR count). The van der Waals surface area contributed by atoms with Gasteiger partial charge in [-0.25, -0.2) is 4.98 Å². The second-order valence-electron chi connectivity index (χ2n) is 6.83. The molecule has 2 aliphatic rings. The highest BCUT2D eigenvalue weighted by Gasteiger charge is 2.48. The number of likely N-dealkylation sites (tertiary alicyclic amines) is 1. The van der Waals surface area contributed by atoms with E-state index in [2.05, 4.69) is 11.1 Å². The summed E-state index contributed by atoms with van der Waals surface area (Å²) in [7, 11) is 1.94. The van der Waals surface area contributed by atoms with Crippen LogP contribution >= 0.6 is 11.3 Å². The molecule has 0 N–H and O–H groups in total. The Morgan fingerprint density at radius 2 is 1.83 bits per heavy atom. The first-order valence-corrected chi connectivity index (χ1v) is 9.33. The number of thiazole rings is 1. The van der Waals surface area contributed by atoms with E-state index in [-0.39, 0.29) is 23.7 Å². The number of rotatable bonds is 4. The fraction of sp³-hybridized carbons (Fsp3) is 0.500. The number of hydrogen-bond donors (Lipinski definition) is 0. The van der Waals surface area contributed by atoms with Crippen molar-refractivity contribution in [3.63, 3.8) is 0 Å². The van der Waals surface area contributed by atoms with E-state index in [0.717, 1.165) is 36.2 Å². The first-order valence-electron chi connectivity index (χ1n) is 8.51.